The molecule has 0 unspecified atom stereocenters. The molecular weight excluding hydrogens is 292 g/mol. The summed E-state index contributed by atoms with van der Waals surface area (Å²) in [6.07, 6.45) is 2.62. The summed E-state index contributed by atoms with van der Waals surface area (Å²) in [7, 11) is 1.73. The quantitative estimate of drug-likeness (QED) is 0.817. The van der Waals surface area contributed by atoms with Crippen LogP contribution in [0.1, 0.15) is 18.4 Å². The first-order valence-corrected chi connectivity index (χ1v) is 7.33. The molecule has 4 heteroatoms. The van der Waals surface area contributed by atoms with Gasteiger partial charge in [0.05, 0.1) is 6.61 Å². The van der Waals surface area contributed by atoms with Crippen molar-refractivity contribution in [2.45, 2.75) is 19.4 Å². The number of rotatable bonds is 6. The highest BCUT2D eigenvalue weighted by Crippen LogP contribution is 2.28. The van der Waals surface area contributed by atoms with Gasteiger partial charge < -0.3 is 15.0 Å². The van der Waals surface area contributed by atoms with Crippen molar-refractivity contribution < 1.29 is 4.74 Å². The molecule has 1 saturated heterocycles. The zero-order valence-corrected chi connectivity index (χ0v) is 12.5. The van der Waals surface area contributed by atoms with Crippen LogP contribution in [0.4, 0.5) is 5.69 Å². The number of halogens is 1. The Hall–Kier alpha value is -0.580. The summed E-state index contributed by atoms with van der Waals surface area (Å²) in [5.74, 6) is 0. The lowest BCUT2D eigenvalue weighted by Crippen LogP contribution is -2.23. The van der Waals surface area contributed by atoms with E-state index in [0.717, 1.165) is 24.2 Å². The fraction of sp³-hybridized carbons (Fsp3) is 0.571. The topological polar surface area (TPSA) is 24.5 Å². The second kappa shape index (κ2) is 7.12. The molecule has 0 spiro atoms. The normalized spacial score (nSPS) is 15.3. The van der Waals surface area contributed by atoms with Crippen molar-refractivity contribution in [3.05, 3.63) is 28.2 Å². The third-order valence-corrected chi connectivity index (χ3v) is 3.79. The first-order chi connectivity index (χ1) is 8.81. The summed E-state index contributed by atoms with van der Waals surface area (Å²) in [4.78, 5) is 2.48. The van der Waals surface area contributed by atoms with Crippen molar-refractivity contribution in [3.8, 4) is 0 Å². The Labute approximate surface area is 118 Å². The fourth-order valence-corrected chi connectivity index (χ4v) is 2.69. The molecule has 0 saturated carbocycles. The summed E-state index contributed by atoms with van der Waals surface area (Å²) < 4.78 is 6.21. The Morgan fingerprint density at radius 2 is 2.11 bits per heavy atom. The van der Waals surface area contributed by atoms with Crippen LogP contribution < -0.4 is 10.2 Å². The predicted octanol–water partition coefficient (Wildman–Crippen LogP) is 2.79. The summed E-state index contributed by atoms with van der Waals surface area (Å²) in [6, 6.07) is 6.56. The van der Waals surface area contributed by atoms with Crippen LogP contribution in [-0.2, 0) is 11.3 Å². The zero-order valence-electron chi connectivity index (χ0n) is 10.9. The van der Waals surface area contributed by atoms with E-state index < -0.39 is 0 Å². The molecule has 3 nitrogen and oxygen atoms in total. The minimum atomic E-state index is 0.759. The first kappa shape index (κ1) is 13.8. The molecule has 0 radical (unpaired) electrons. The maximum absolute atomic E-state index is 5.05. The Kier molecular flexibility index (Phi) is 5.47. The predicted molar refractivity (Wildman–Crippen MR) is 79.2 cm³/mol. The second-order valence-corrected chi connectivity index (χ2v) is 5.55. The monoisotopic (exact) mass is 312 g/mol. The van der Waals surface area contributed by atoms with Gasteiger partial charge in [-0.3, -0.25) is 0 Å². The summed E-state index contributed by atoms with van der Waals surface area (Å²) in [5, 5.41) is 3.42. The largest absolute Gasteiger partial charge is 0.383 e. The van der Waals surface area contributed by atoms with Crippen molar-refractivity contribution in [2.75, 3.05) is 38.3 Å². The van der Waals surface area contributed by atoms with Gasteiger partial charge in [0, 0.05) is 43.4 Å². The van der Waals surface area contributed by atoms with E-state index in [4.69, 9.17) is 4.74 Å². The number of anilines is 1. The van der Waals surface area contributed by atoms with Crippen LogP contribution in [0, 0.1) is 0 Å². The van der Waals surface area contributed by atoms with Gasteiger partial charge in [0.1, 0.15) is 0 Å². The first-order valence-electron chi connectivity index (χ1n) is 6.54. The molecule has 1 aromatic carbocycles. The summed E-state index contributed by atoms with van der Waals surface area (Å²) >= 11 is 3.57. The molecule has 0 aromatic heterocycles. The lowest BCUT2D eigenvalue weighted by Gasteiger charge is -2.22. The third-order valence-electron chi connectivity index (χ3n) is 3.29. The van der Waals surface area contributed by atoms with E-state index in [0.29, 0.717) is 0 Å². The Bertz CT molecular complexity index is 378. The number of hydrogen-bond acceptors (Lipinski definition) is 3. The highest BCUT2D eigenvalue weighted by Gasteiger charge is 2.15. The zero-order chi connectivity index (χ0) is 12.8. The van der Waals surface area contributed by atoms with Gasteiger partial charge in [0.15, 0.2) is 0 Å². The average Bonchev–Trinajstić information content (AvgIpc) is 2.90. The second-order valence-electron chi connectivity index (χ2n) is 4.64. The molecule has 1 heterocycles. The van der Waals surface area contributed by atoms with Crippen molar-refractivity contribution in [3.63, 3.8) is 0 Å². The average molecular weight is 313 g/mol. The molecule has 1 aliphatic heterocycles. The molecule has 0 amide bonds. The standard InChI is InChI=1S/C14H21BrN2O/c1-18-9-6-16-11-12-4-5-13(15)10-14(12)17-7-2-3-8-17/h4-5,10,16H,2-3,6-9,11H2,1H3. The van der Waals surface area contributed by atoms with Gasteiger partial charge in [-0.1, -0.05) is 22.0 Å². The van der Waals surface area contributed by atoms with Crippen LogP contribution in [0.25, 0.3) is 0 Å². The van der Waals surface area contributed by atoms with Gasteiger partial charge in [-0.25, -0.2) is 0 Å². The number of methoxy groups -OCH3 is 1. The van der Waals surface area contributed by atoms with Crippen LogP contribution in [0.15, 0.2) is 22.7 Å². The Morgan fingerprint density at radius 3 is 2.83 bits per heavy atom. The maximum Gasteiger partial charge on any atom is 0.0587 e. The minimum Gasteiger partial charge on any atom is -0.383 e. The fourth-order valence-electron chi connectivity index (χ4n) is 2.34. The van der Waals surface area contributed by atoms with Gasteiger partial charge in [-0.15, -0.1) is 0 Å². The molecule has 2 rings (SSSR count). The van der Waals surface area contributed by atoms with Crippen LogP contribution in [0.2, 0.25) is 0 Å². The molecule has 1 aliphatic rings. The van der Waals surface area contributed by atoms with E-state index in [2.05, 4.69) is 44.3 Å². The summed E-state index contributed by atoms with van der Waals surface area (Å²) in [5.41, 5.74) is 2.74. The molecule has 100 valence electrons. The van der Waals surface area contributed by atoms with E-state index in [9.17, 15) is 0 Å². The molecule has 1 aromatic rings. The minimum absolute atomic E-state index is 0.759. The smallest absolute Gasteiger partial charge is 0.0587 e. The summed E-state index contributed by atoms with van der Waals surface area (Å²) in [6.45, 7) is 4.92. The molecule has 18 heavy (non-hydrogen) atoms. The van der Waals surface area contributed by atoms with Gasteiger partial charge >= 0.3 is 0 Å². The Balaban J connectivity index is 2.03. The van der Waals surface area contributed by atoms with E-state index in [-0.39, 0.29) is 0 Å². The lowest BCUT2D eigenvalue weighted by molar-refractivity contribution is 0.199. The number of hydrogen-bond donors (Lipinski definition) is 1. The molecule has 0 bridgehead atoms. The maximum atomic E-state index is 5.05. The number of nitrogens with one attached hydrogen (secondary N) is 1. The van der Waals surface area contributed by atoms with E-state index >= 15 is 0 Å². The van der Waals surface area contributed by atoms with Gasteiger partial charge in [-0.2, -0.15) is 0 Å². The number of nitrogens with zero attached hydrogens (tertiary/aromatic N) is 1. The molecule has 0 atom stereocenters. The number of ether oxygens (including phenoxy) is 1. The van der Waals surface area contributed by atoms with Crippen LogP contribution in [0.3, 0.4) is 0 Å². The van der Waals surface area contributed by atoms with Crippen LogP contribution >= 0.6 is 15.9 Å². The van der Waals surface area contributed by atoms with Gasteiger partial charge in [0.25, 0.3) is 0 Å². The molecule has 1 N–H and O–H groups in total. The lowest BCUT2D eigenvalue weighted by atomic mass is 10.1. The van der Waals surface area contributed by atoms with Crippen LogP contribution in [0.5, 0.6) is 0 Å². The van der Waals surface area contributed by atoms with Gasteiger partial charge in [0.2, 0.25) is 0 Å². The van der Waals surface area contributed by atoms with Crippen molar-refractivity contribution >= 4 is 21.6 Å². The Morgan fingerprint density at radius 1 is 1.33 bits per heavy atom. The van der Waals surface area contributed by atoms with E-state index in [1.807, 2.05) is 0 Å². The van der Waals surface area contributed by atoms with Crippen molar-refractivity contribution in [2.24, 2.45) is 0 Å². The van der Waals surface area contributed by atoms with Crippen LogP contribution in [-0.4, -0.2) is 33.4 Å². The van der Waals surface area contributed by atoms with Crippen molar-refractivity contribution in [1.29, 1.82) is 0 Å². The molecular formula is C14H21BrN2O. The molecule has 0 aliphatic carbocycles. The molecule has 1 fully saturated rings. The highest BCUT2D eigenvalue weighted by molar-refractivity contribution is 9.10. The van der Waals surface area contributed by atoms with E-state index in [1.54, 1.807) is 7.11 Å². The highest BCUT2D eigenvalue weighted by atomic mass is 79.9. The van der Waals surface area contributed by atoms with Crippen molar-refractivity contribution in [1.82, 2.24) is 5.32 Å². The van der Waals surface area contributed by atoms with Gasteiger partial charge in [-0.05, 0) is 30.5 Å². The number of benzene rings is 1. The van der Waals surface area contributed by atoms with E-state index in [1.165, 1.54) is 37.2 Å². The SMILES string of the molecule is COCCNCc1ccc(Br)cc1N1CCCC1. The third kappa shape index (κ3) is 3.70.